The molecule has 3 rings (SSSR count). The highest BCUT2D eigenvalue weighted by Crippen LogP contribution is 2.29. The van der Waals surface area contributed by atoms with Gasteiger partial charge in [-0.15, -0.1) is 0 Å². The van der Waals surface area contributed by atoms with Crippen LogP contribution in [0.1, 0.15) is 56.9 Å². The molecule has 110 valence electrons. The number of hydrogen-bond acceptors (Lipinski definition) is 1. The maximum absolute atomic E-state index is 2.82. The Labute approximate surface area is 124 Å². The van der Waals surface area contributed by atoms with E-state index in [9.17, 15) is 0 Å². The second-order valence-electron chi connectivity index (χ2n) is 6.82. The lowest BCUT2D eigenvalue weighted by atomic mass is 9.91. The summed E-state index contributed by atoms with van der Waals surface area (Å²) in [7, 11) is 0. The molecule has 0 radical (unpaired) electrons. The second kappa shape index (κ2) is 7.26. The maximum Gasteiger partial charge on any atom is 0.00953 e. The molecular formula is C19H29N. The zero-order valence-electron chi connectivity index (χ0n) is 12.8. The van der Waals surface area contributed by atoms with Gasteiger partial charge in [0.25, 0.3) is 0 Å². The Hall–Kier alpha value is -0.820. The van der Waals surface area contributed by atoms with Gasteiger partial charge in [-0.05, 0) is 63.0 Å². The van der Waals surface area contributed by atoms with Crippen molar-refractivity contribution in [2.75, 3.05) is 13.1 Å². The molecular weight excluding hydrogens is 242 g/mol. The fourth-order valence-corrected chi connectivity index (χ4v) is 4.17. The third kappa shape index (κ3) is 3.85. The first-order valence-electron chi connectivity index (χ1n) is 8.70. The minimum absolute atomic E-state index is 0.937. The standard InChI is InChI=1S/C19H29N/c1-2-8-17(9-3-1)10-6-11-18-12-7-15-20(16-18)19-13-4-5-14-19/h1-3,8-9,18-19H,4-7,10-16H2. The van der Waals surface area contributed by atoms with Crippen LogP contribution in [0.25, 0.3) is 0 Å². The van der Waals surface area contributed by atoms with Crippen molar-refractivity contribution in [2.24, 2.45) is 5.92 Å². The summed E-state index contributed by atoms with van der Waals surface area (Å²) in [6.07, 6.45) is 12.9. The molecule has 0 amide bonds. The smallest absolute Gasteiger partial charge is 0.00953 e. The summed E-state index contributed by atoms with van der Waals surface area (Å²) in [5, 5.41) is 0. The van der Waals surface area contributed by atoms with E-state index in [0.29, 0.717) is 0 Å². The van der Waals surface area contributed by atoms with E-state index in [1.165, 1.54) is 76.4 Å². The van der Waals surface area contributed by atoms with Crippen LogP contribution >= 0.6 is 0 Å². The number of piperidine rings is 1. The molecule has 0 N–H and O–H groups in total. The largest absolute Gasteiger partial charge is 0.300 e. The first-order chi connectivity index (χ1) is 9.92. The molecule has 2 aliphatic rings. The Morgan fingerprint density at radius 1 is 0.950 bits per heavy atom. The second-order valence-corrected chi connectivity index (χ2v) is 6.82. The number of nitrogens with zero attached hydrogens (tertiary/aromatic N) is 1. The van der Waals surface area contributed by atoms with Crippen molar-refractivity contribution < 1.29 is 0 Å². The molecule has 1 aliphatic heterocycles. The lowest BCUT2D eigenvalue weighted by Gasteiger charge is -2.37. The molecule has 1 aliphatic carbocycles. The van der Waals surface area contributed by atoms with Crippen LogP contribution in [0.2, 0.25) is 0 Å². The highest BCUT2D eigenvalue weighted by molar-refractivity contribution is 5.14. The van der Waals surface area contributed by atoms with E-state index in [1.807, 2.05) is 0 Å². The molecule has 1 unspecified atom stereocenters. The van der Waals surface area contributed by atoms with Crippen LogP contribution in [0.4, 0.5) is 0 Å². The highest BCUT2D eigenvalue weighted by atomic mass is 15.2. The summed E-state index contributed by atoms with van der Waals surface area (Å²) >= 11 is 0. The number of rotatable bonds is 5. The molecule has 1 nitrogen and oxygen atoms in total. The van der Waals surface area contributed by atoms with Crippen molar-refractivity contribution >= 4 is 0 Å². The molecule has 20 heavy (non-hydrogen) atoms. The van der Waals surface area contributed by atoms with E-state index in [4.69, 9.17) is 0 Å². The fraction of sp³-hybridized carbons (Fsp3) is 0.684. The SMILES string of the molecule is c1ccc(CCCC2CCCN(C3CCCC3)C2)cc1. The zero-order valence-corrected chi connectivity index (χ0v) is 12.8. The van der Waals surface area contributed by atoms with Gasteiger partial charge < -0.3 is 4.90 Å². The molecule has 1 aromatic rings. The van der Waals surface area contributed by atoms with Crippen LogP contribution in [0.15, 0.2) is 30.3 Å². The summed E-state index contributed by atoms with van der Waals surface area (Å²) in [6, 6.07) is 11.9. The van der Waals surface area contributed by atoms with Crippen molar-refractivity contribution in [1.29, 1.82) is 0 Å². The van der Waals surface area contributed by atoms with Crippen LogP contribution < -0.4 is 0 Å². The van der Waals surface area contributed by atoms with Gasteiger partial charge >= 0.3 is 0 Å². The van der Waals surface area contributed by atoms with Crippen molar-refractivity contribution in [3.8, 4) is 0 Å². The van der Waals surface area contributed by atoms with Gasteiger partial charge in [-0.1, -0.05) is 43.2 Å². The van der Waals surface area contributed by atoms with Crippen molar-refractivity contribution in [1.82, 2.24) is 4.90 Å². The molecule has 0 spiro atoms. The number of benzene rings is 1. The predicted molar refractivity (Wildman–Crippen MR) is 85.9 cm³/mol. The molecule has 1 heteroatoms. The fourth-order valence-electron chi connectivity index (χ4n) is 4.17. The normalized spacial score (nSPS) is 25.1. The minimum atomic E-state index is 0.937. The van der Waals surface area contributed by atoms with Gasteiger partial charge in [-0.25, -0.2) is 0 Å². The van der Waals surface area contributed by atoms with E-state index in [-0.39, 0.29) is 0 Å². The Bertz CT molecular complexity index is 380. The number of likely N-dealkylation sites (tertiary alicyclic amines) is 1. The average Bonchev–Trinajstić information content (AvgIpc) is 3.03. The van der Waals surface area contributed by atoms with Crippen molar-refractivity contribution in [2.45, 2.75) is 63.8 Å². The van der Waals surface area contributed by atoms with Gasteiger partial charge in [0.05, 0.1) is 0 Å². The Balaban J connectivity index is 1.41. The van der Waals surface area contributed by atoms with Crippen molar-refractivity contribution in [3.05, 3.63) is 35.9 Å². The monoisotopic (exact) mass is 271 g/mol. The molecule has 1 saturated carbocycles. The summed E-state index contributed by atoms with van der Waals surface area (Å²) < 4.78 is 0. The molecule has 1 atom stereocenters. The van der Waals surface area contributed by atoms with E-state index < -0.39 is 0 Å². The summed E-state index contributed by atoms with van der Waals surface area (Å²) in [4.78, 5) is 2.82. The molecule has 1 saturated heterocycles. The molecule has 2 fully saturated rings. The third-order valence-corrected chi connectivity index (χ3v) is 5.31. The maximum atomic E-state index is 2.82. The van der Waals surface area contributed by atoms with Crippen LogP contribution in [0.5, 0.6) is 0 Å². The van der Waals surface area contributed by atoms with Gasteiger partial charge in [0.1, 0.15) is 0 Å². The highest BCUT2D eigenvalue weighted by Gasteiger charge is 2.27. The van der Waals surface area contributed by atoms with Crippen LogP contribution in [0, 0.1) is 5.92 Å². The van der Waals surface area contributed by atoms with Crippen LogP contribution in [-0.2, 0) is 6.42 Å². The van der Waals surface area contributed by atoms with Crippen LogP contribution in [0.3, 0.4) is 0 Å². The first kappa shape index (κ1) is 14.1. The third-order valence-electron chi connectivity index (χ3n) is 5.31. The van der Waals surface area contributed by atoms with Gasteiger partial charge in [-0.2, -0.15) is 0 Å². The topological polar surface area (TPSA) is 3.24 Å². The van der Waals surface area contributed by atoms with Gasteiger partial charge in [0, 0.05) is 12.6 Å². The van der Waals surface area contributed by atoms with Crippen molar-refractivity contribution in [3.63, 3.8) is 0 Å². The lowest BCUT2D eigenvalue weighted by molar-refractivity contribution is 0.120. The molecule has 0 bridgehead atoms. The quantitative estimate of drug-likeness (QED) is 0.752. The molecule has 0 aromatic heterocycles. The lowest BCUT2D eigenvalue weighted by Crippen LogP contribution is -2.41. The van der Waals surface area contributed by atoms with E-state index in [0.717, 1.165) is 12.0 Å². The number of hydrogen-bond donors (Lipinski definition) is 0. The van der Waals surface area contributed by atoms with E-state index in [1.54, 1.807) is 0 Å². The van der Waals surface area contributed by atoms with E-state index >= 15 is 0 Å². The summed E-state index contributed by atoms with van der Waals surface area (Å²) in [5.74, 6) is 0.966. The number of aryl methyl sites for hydroxylation is 1. The average molecular weight is 271 g/mol. The Kier molecular flexibility index (Phi) is 5.13. The van der Waals surface area contributed by atoms with Crippen LogP contribution in [-0.4, -0.2) is 24.0 Å². The first-order valence-corrected chi connectivity index (χ1v) is 8.70. The van der Waals surface area contributed by atoms with E-state index in [2.05, 4.69) is 35.2 Å². The Morgan fingerprint density at radius 3 is 2.55 bits per heavy atom. The van der Waals surface area contributed by atoms with Gasteiger partial charge in [0.15, 0.2) is 0 Å². The Morgan fingerprint density at radius 2 is 1.75 bits per heavy atom. The van der Waals surface area contributed by atoms with Gasteiger partial charge in [0.2, 0.25) is 0 Å². The molecule has 1 heterocycles. The minimum Gasteiger partial charge on any atom is -0.300 e. The van der Waals surface area contributed by atoms with Gasteiger partial charge in [-0.3, -0.25) is 0 Å². The summed E-state index contributed by atoms with van der Waals surface area (Å²) in [6.45, 7) is 2.76. The zero-order chi connectivity index (χ0) is 13.6. The predicted octanol–water partition coefficient (Wildman–Crippen LogP) is 4.66. The molecule has 1 aromatic carbocycles. The summed E-state index contributed by atoms with van der Waals surface area (Å²) in [5.41, 5.74) is 1.51.